The van der Waals surface area contributed by atoms with Crippen molar-refractivity contribution in [3.63, 3.8) is 0 Å². The summed E-state index contributed by atoms with van der Waals surface area (Å²) in [5.41, 5.74) is 2.74. The highest BCUT2D eigenvalue weighted by Gasteiger charge is 2.20. The monoisotopic (exact) mass is 124 g/mol. The lowest BCUT2D eigenvalue weighted by atomic mass is 10.0. The molecule has 1 aliphatic heterocycles. The Labute approximate surface area is 56.0 Å². The van der Waals surface area contributed by atoms with E-state index in [0.29, 0.717) is 5.92 Å². The van der Waals surface area contributed by atoms with Crippen LogP contribution < -0.4 is 0 Å². The van der Waals surface area contributed by atoms with Gasteiger partial charge in [0.05, 0.1) is 6.10 Å². The van der Waals surface area contributed by atoms with Crippen molar-refractivity contribution in [3.8, 4) is 0 Å². The molecule has 1 heteroatoms. The molecule has 1 heterocycles. The molecule has 50 valence electrons. The summed E-state index contributed by atoms with van der Waals surface area (Å²) >= 11 is 0. The van der Waals surface area contributed by atoms with Gasteiger partial charge in [0.1, 0.15) is 0 Å². The Kier molecular flexibility index (Phi) is 2.10. The van der Waals surface area contributed by atoms with Crippen molar-refractivity contribution in [2.45, 2.75) is 19.4 Å². The SMILES string of the molecule is C=C=CC1OCCC1C. The molecule has 0 aromatic heterocycles. The molecular weight excluding hydrogens is 112 g/mol. The summed E-state index contributed by atoms with van der Waals surface area (Å²) < 4.78 is 5.35. The van der Waals surface area contributed by atoms with Crippen LogP contribution in [-0.2, 0) is 4.74 Å². The van der Waals surface area contributed by atoms with Crippen LogP contribution in [0.1, 0.15) is 13.3 Å². The highest BCUT2D eigenvalue weighted by molar-refractivity contribution is 4.91. The topological polar surface area (TPSA) is 9.23 Å². The molecule has 0 bridgehead atoms. The predicted molar refractivity (Wildman–Crippen MR) is 37.2 cm³/mol. The van der Waals surface area contributed by atoms with Gasteiger partial charge in [-0.05, 0) is 18.4 Å². The Morgan fingerprint density at radius 1 is 1.78 bits per heavy atom. The van der Waals surface area contributed by atoms with Gasteiger partial charge in [-0.1, -0.05) is 13.5 Å². The molecule has 1 fully saturated rings. The van der Waals surface area contributed by atoms with Gasteiger partial charge in [-0.3, -0.25) is 0 Å². The maximum absolute atomic E-state index is 5.35. The summed E-state index contributed by atoms with van der Waals surface area (Å²) in [7, 11) is 0. The molecular formula is C8H12O. The number of hydrogen-bond acceptors (Lipinski definition) is 1. The van der Waals surface area contributed by atoms with Crippen molar-refractivity contribution in [2.24, 2.45) is 5.92 Å². The standard InChI is InChI=1S/C8H12O/c1-3-4-8-7(2)5-6-9-8/h4,7-8H,1,5-6H2,2H3. The van der Waals surface area contributed by atoms with E-state index in [9.17, 15) is 0 Å². The Bertz CT molecular complexity index is 134. The van der Waals surface area contributed by atoms with Crippen LogP contribution in [0.5, 0.6) is 0 Å². The zero-order valence-corrected chi connectivity index (χ0v) is 5.76. The number of hydrogen-bond donors (Lipinski definition) is 0. The number of ether oxygens (including phenoxy) is 1. The van der Waals surface area contributed by atoms with Crippen LogP contribution in [0.25, 0.3) is 0 Å². The van der Waals surface area contributed by atoms with Crippen LogP contribution in [0.15, 0.2) is 18.4 Å². The fraction of sp³-hybridized carbons (Fsp3) is 0.625. The van der Waals surface area contributed by atoms with E-state index in [-0.39, 0.29) is 6.10 Å². The first-order valence-electron chi connectivity index (χ1n) is 3.32. The smallest absolute Gasteiger partial charge is 0.0855 e. The van der Waals surface area contributed by atoms with Gasteiger partial charge >= 0.3 is 0 Å². The third-order valence-electron chi connectivity index (χ3n) is 1.73. The fourth-order valence-electron chi connectivity index (χ4n) is 1.05. The van der Waals surface area contributed by atoms with Gasteiger partial charge in [-0.2, -0.15) is 0 Å². The molecule has 0 aromatic rings. The minimum absolute atomic E-state index is 0.280. The van der Waals surface area contributed by atoms with E-state index < -0.39 is 0 Å². The third-order valence-corrected chi connectivity index (χ3v) is 1.73. The van der Waals surface area contributed by atoms with Gasteiger partial charge in [-0.25, -0.2) is 0 Å². The van der Waals surface area contributed by atoms with Crippen LogP contribution in [0.4, 0.5) is 0 Å². The third kappa shape index (κ3) is 1.44. The van der Waals surface area contributed by atoms with Gasteiger partial charge < -0.3 is 4.74 Å². The van der Waals surface area contributed by atoms with Crippen molar-refractivity contribution in [3.05, 3.63) is 18.4 Å². The van der Waals surface area contributed by atoms with E-state index in [1.165, 1.54) is 6.42 Å². The van der Waals surface area contributed by atoms with Crippen molar-refractivity contribution in [2.75, 3.05) is 6.61 Å². The highest BCUT2D eigenvalue weighted by atomic mass is 16.5. The summed E-state index contributed by atoms with van der Waals surface area (Å²) in [5, 5.41) is 0. The van der Waals surface area contributed by atoms with Crippen LogP contribution in [-0.4, -0.2) is 12.7 Å². The van der Waals surface area contributed by atoms with Gasteiger partial charge in [0.15, 0.2) is 0 Å². The Balaban J connectivity index is 2.49. The molecule has 0 saturated carbocycles. The first-order chi connectivity index (χ1) is 4.34. The molecule has 0 N–H and O–H groups in total. The molecule has 1 rings (SSSR count). The second-order valence-electron chi connectivity index (χ2n) is 2.47. The van der Waals surface area contributed by atoms with Crippen LogP contribution in [0, 0.1) is 5.92 Å². The van der Waals surface area contributed by atoms with E-state index in [0.717, 1.165) is 6.61 Å². The maximum atomic E-state index is 5.35. The molecule has 0 aliphatic carbocycles. The van der Waals surface area contributed by atoms with Gasteiger partial charge in [0, 0.05) is 6.61 Å². The first-order valence-corrected chi connectivity index (χ1v) is 3.32. The van der Waals surface area contributed by atoms with Crippen molar-refractivity contribution < 1.29 is 4.74 Å². The van der Waals surface area contributed by atoms with Crippen molar-refractivity contribution >= 4 is 0 Å². The second-order valence-corrected chi connectivity index (χ2v) is 2.47. The van der Waals surface area contributed by atoms with E-state index in [1.807, 2.05) is 6.08 Å². The fourth-order valence-corrected chi connectivity index (χ4v) is 1.05. The van der Waals surface area contributed by atoms with Gasteiger partial charge in [-0.15, -0.1) is 5.73 Å². The molecule has 9 heavy (non-hydrogen) atoms. The van der Waals surface area contributed by atoms with Crippen LogP contribution >= 0.6 is 0 Å². The van der Waals surface area contributed by atoms with E-state index in [4.69, 9.17) is 4.74 Å². The molecule has 1 nitrogen and oxygen atoms in total. The zero-order valence-electron chi connectivity index (χ0n) is 5.76. The lowest BCUT2D eigenvalue weighted by Crippen LogP contribution is -2.08. The van der Waals surface area contributed by atoms with Crippen molar-refractivity contribution in [1.82, 2.24) is 0 Å². The summed E-state index contributed by atoms with van der Waals surface area (Å²) in [5.74, 6) is 0.652. The minimum atomic E-state index is 0.280. The number of rotatable bonds is 1. The summed E-state index contributed by atoms with van der Waals surface area (Å²) in [6, 6.07) is 0. The largest absolute Gasteiger partial charge is 0.373 e. The Hall–Kier alpha value is -0.520. The quantitative estimate of drug-likeness (QED) is 0.484. The summed E-state index contributed by atoms with van der Waals surface area (Å²) in [4.78, 5) is 0. The normalized spacial score (nSPS) is 33.9. The van der Waals surface area contributed by atoms with E-state index >= 15 is 0 Å². The second kappa shape index (κ2) is 2.86. The molecule has 0 aromatic carbocycles. The average Bonchev–Trinajstić information content (AvgIpc) is 2.18. The molecule has 2 atom stereocenters. The molecule has 0 spiro atoms. The lowest BCUT2D eigenvalue weighted by Gasteiger charge is -2.05. The molecule has 1 saturated heterocycles. The highest BCUT2D eigenvalue weighted by Crippen LogP contribution is 2.20. The van der Waals surface area contributed by atoms with Crippen molar-refractivity contribution in [1.29, 1.82) is 0 Å². The first kappa shape index (κ1) is 6.60. The van der Waals surface area contributed by atoms with E-state index in [2.05, 4.69) is 19.2 Å². The zero-order chi connectivity index (χ0) is 6.69. The summed E-state index contributed by atoms with van der Waals surface area (Å²) in [6.07, 6.45) is 3.35. The average molecular weight is 124 g/mol. The minimum Gasteiger partial charge on any atom is -0.373 e. The summed E-state index contributed by atoms with van der Waals surface area (Å²) in [6.45, 7) is 6.58. The van der Waals surface area contributed by atoms with Crippen LogP contribution in [0.2, 0.25) is 0 Å². The molecule has 2 unspecified atom stereocenters. The van der Waals surface area contributed by atoms with Gasteiger partial charge in [0.25, 0.3) is 0 Å². The maximum Gasteiger partial charge on any atom is 0.0855 e. The molecule has 0 amide bonds. The lowest BCUT2D eigenvalue weighted by molar-refractivity contribution is 0.131. The van der Waals surface area contributed by atoms with Gasteiger partial charge in [0.2, 0.25) is 0 Å². The Morgan fingerprint density at radius 3 is 3.00 bits per heavy atom. The van der Waals surface area contributed by atoms with Crippen LogP contribution in [0.3, 0.4) is 0 Å². The predicted octanol–water partition coefficient (Wildman–Crippen LogP) is 1.75. The molecule has 0 radical (unpaired) electrons. The van der Waals surface area contributed by atoms with E-state index in [1.54, 1.807) is 0 Å². The molecule has 1 aliphatic rings. The Morgan fingerprint density at radius 2 is 2.56 bits per heavy atom.